The number of thioether (sulfide) groups is 1. The molecule has 0 spiro atoms. The molecule has 3 aromatic rings. The molecule has 27 heavy (non-hydrogen) atoms. The van der Waals surface area contributed by atoms with Crippen molar-refractivity contribution in [3.8, 4) is 0 Å². The zero-order valence-electron chi connectivity index (χ0n) is 14.8. The molecule has 0 radical (unpaired) electrons. The predicted molar refractivity (Wildman–Crippen MR) is 105 cm³/mol. The second-order valence-electron chi connectivity index (χ2n) is 5.68. The van der Waals surface area contributed by atoms with Crippen molar-refractivity contribution in [3.63, 3.8) is 0 Å². The highest BCUT2D eigenvalue weighted by Crippen LogP contribution is 2.20. The number of nitrogens with one attached hydrogen (secondary N) is 2. The molecule has 140 valence electrons. The highest BCUT2D eigenvalue weighted by Gasteiger charge is 2.12. The van der Waals surface area contributed by atoms with Crippen LogP contribution >= 0.6 is 23.1 Å². The van der Waals surface area contributed by atoms with Crippen molar-refractivity contribution in [2.24, 2.45) is 0 Å². The molecule has 0 aliphatic carbocycles. The fourth-order valence-electron chi connectivity index (χ4n) is 2.32. The Morgan fingerprint density at radius 3 is 2.93 bits per heavy atom. The SMILES string of the molecule is COC(=O)c1ccc(C)c(NC(=O)CSc2n[nH]c(Cc3cccs3)n2)c1. The highest BCUT2D eigenvalue weighted by molar-refractivity contribution is 7.99. The fraction of sp³-hybridized carbons (Fsp3) is 0.222. The van der Waals surface area contributed by atoms with Crippen molar-refractivity contribution in [3.05, 3.63) is 57.5 Å². The van der Waals surface area contributed by atoms with Crippen molar-refractivity contribution in [1.29, 1.82) is 0 Å². The van der Waals surface area contributed by atoms with E-state index >= 15 is 0 Å². The second kappa shape index (κ2) is 8.83. The number of carbonyl (C=O) groups excluding carboxylic acids is 2. The van der Waals surface area contributed by atoms with E-state index in [-0.39, 0.29) is 11.7 Å². The number of aromatic amines is 1. The lowest BCUT2D eigenvalue weighted by atomic mass is 10.1. The number of aromatic nitrogens is 3. The van der Waals surface area contributed by atoms with Crippen LogP contribution in [0.2, 0.25) is 0 Å². The average molecular weight is 403 g/mol. The van der Waals surface area contributed by atoms with Gasteiger partial charge in [-0.3, -0.25) is 9.89 Å². The molecule has 3 rings (SSSR count). The number of rotatable bonds is 7. The molecule has 0 saturated carbocycles. The quantitative estimate of drug-likeness (QED) is 0.465. The Morgan fingerprint density at radius 2 is 2.19 bits per heavy atom. The number of aryl methyl sites for hydroxylation is 1. The van der Waals surface area contributed by atoms with Gasteiger partial charge in [-0.2, -0.15) is 0 Å². The van der Waals surface area contributed by atoms with Gasteiger partial charge in [-0.05, 0) is 36.1 Å². The van der Waals surface area contributed by atoms with Gasteiger partial charge in [-0.25, -0.2) is 9.78 Å². The summed E-state index contributed by atoms with van der Waals surface area (Å²) in [5.74, 6) is 0.286. The minimum atomic E-state index is -0.445. The van der Waals surface area contributed by atoms with E-state index in [4.69, 9.17) is 4.74 Å². The molecule has 2 N–H and O–H groups in total. The molecule has 2 aromatic heterocycles. The number of H-pyrrole nitrogens is 1. The Balaban J connectivity index is 1.55. The van der Waals surface area contributed by atoms with Crippen LogP contribution in [0.15, 0.2) is 40.9 Å². The van der Waals surface area contributed by atoms with E-state index in [2.05, 4.69) is 20.5 Å². The predicted octanol–water partition coefficient (Wildman–Crippen LogP) is 3.28. The van der Waals surface area contributed by atoms with Crippen LogP contribution in [0.1, 0.15) is 26.6 Å². The third-order valence-corrected chi connectivity index (χ3v) is 5.42. The normalized spacial score (nSPS) is 10.6. The number of hydrogen-bond donors (Lipinski definition) is 2. The van der Waals surface area contributed by atoms with E-state index in [1.807, 2.05) is 24.4 Å². The topological polar surface area (TPSA) is 97.0 Å². The summed E-state index contributed by atoms with van der Waals surface area (Å²) in [6, 6.07) is 9.07. The van der Waals surface area contributed by atoms with E-state index in [0.29, 0.717) is 22.8 Å². The van der Waals surface area contributed by atoms with Crippen LogP contribution in [-0.4, -0.2) is 39.9 Å². The Bertz CT molecular complexity index is 938. The van der Waals surface area contributed by atoms with E-state index in [9.17, 15) is 9.59 Å². The minimum Gasteiger partial charge on any atom is -0.465 e. The summed E-state index contributed by atoms with van der Waals surface area (Å²) in [5, 5.41) is 12.4. The number of carbonyl (C=O) groups is 2. The van der Waals surface area contributed by atoms with E-state index < -0.39 is 5.97 Å². The van der Waals surface area contributed by atoms with Crippen molar-refractivity contribution < 1.29 is 14.3 Å². The number of nitrogens with zero attached hydrogens (tertiary/aromatic N) is 2. The first kappa shape index (κ1) is 19.1. The van der Waals surface area contributed by atoms with Gasteiger partial charge in [-0.1, -0.05) is 23.9 Å². The number of ether oxygens (including phenoxy) is 1. The summed E-state index contributed by atoms with van der Waals surface area (Å²) in [6.45, 7) is 1.86. The van der Waals surface area contributed by atoms with Crippen LogP contribution in [0, 0.1) is 6.92 Å². The van der Waals surface area contributed by atoms with Gasteiger partial charge >= 0.3 is 5.97 Å². The van der Waals surface area contributed by atoms with Crippen LogP contribution in [0.3, 0.4) is 0 Å². The monoisotopic (exact) mass is 402 g/mol. The number of amides is 1. The van der Waals surface area contributed by atoms with Crippen molar-refractivity contribution in [2.45, 2.75) is 18.5 Å². The van der Waals surface area contributed by atoms with Crippen LogP contribution in [-0.2, 0) is 16.0 Å². The lowest BCUT2D eigenvalue weighted by Crippen LogP contribution is -2.15. The molecule has 9 heteroatoms. The first-order valence-corrected chi connectivity index (χ1v) is 9.97. The van der Waals surface area contributed by atoms with Gasteiger partial charge in [0.1, 0.15) is 5.82 Å². The Hall–Kier alpha value is -2.65. The molecule has 1 amide bonds. The van der Waals surface area contributed by atoms with Crippen LogP contribution in [0.25, 0.3) is 0 Å². The molecule has 0 fully saturated rings. The summed E-state index contributed by atoms with van der Waals surface area (Å²) in [5.41, 5.74) is 1.83. The highest BCUT2D eigenvalue weighted by atomic mass is 32.2. The van der Waals surface area contributed by atoms with E-state index in [1.54, 1.807) is 29.5 Å². The molecule has 0 bridgehead atoms. The fourth-order valence-corrected chi connectivity index (χ4v) is 3.64. The number of methoxy groups -OCH3 is 1. The van der Waals surface area contributed by atoms with E-state index in [0.717, 1.165) is 11.4 Å². The Kier molecular flexibility index (Phi) is 6.25. The molecule has 0 saturated heterocycles. The number of hydrogen-bond acceptors (Lipinski definition) is 7. The summed E-state index contributed by atoms with van der Waals surface area (Å²) in [4.78, 5) is 29.5. The Morgan fingerprint density at radius 1 is 1.33 bits per heavy atom. The van der Waals surface area contributed by atoms with Gasteiger partial charge in [0, 0.05) is 17.0 Å². The number of benzene rings is 1. The summed E-state index contributed by atoms with van der Waals surface area (Å²) < 4.78 is 4.71. The van der Waals surface area contributed by atoms with Crippen LogP contribution < -0.4 is 5.32 Å². The van der Waals surface area contributed by atoms with Gasteiger partial charge in [0.25, 0.3) is 0 Å². The van der Waals surface area contributed by atoms with E-state index in [1.165, 1.54) is 23.7 Å². The van der Waals surface area contributed by atoms with Gasteiger partial charge in [-0.15, -0.1) is 16.4 Å². The molecule has 0 atom stereocenters. The van der Waals surface area contributed by atoms with Gasteiger partial charge in [0.05, 0.1) is 18.4 Å². The third kappa shape index (κ3) is 5.18. The van der Waals surface area contributed by atoms with Crippen molar-refractivity contribution in [2.75, 3.05) is 18.2 Å². The molecular weight excluding hydrogens is 384 g/mol. The average Bonchev–Trinajstić information content (AvgIpc) is 3.33. The van der Waals surface area contributed by atoms with Crippen molar-refractivity contribution >= 4 is 40.7 Å². The molecule has 0 aliphatic heterocycles. The standard InChI is InChI=1S/C18H18N4O3S2/c1-11-5-6-12(17(24)25-2)8-14(11)19-16(23)10-27-18-20-15(21-22-18)9-13-4-3-7-26-13/h3-8H,9-10H2,1-2H3,(H,19,23)(H,20,21,22). The minimum absolute atomic E-state index is 0.165. The molecule has 0 unspecified atom stereocenters. The Labute approximate surface area is 164 Å². The number of esters is 1. The summed E-state index contributed by atoms with van der Waals surface area (Å²) in [7, 11) is 1.32. The molecular formula is C18H18N4O3S2. The zero-order chi connectivity index (χ0) is 19.2. The first-order chi connectivity index (χ1) is 13.0. The summed E-state index contributed by atoms with van der Waals surface area (Å²) >= 11 is 2.91. The molecule has 7 nitrogen and oxygen atoms in total. The van der Waals surface area contributed by atoms with Crippen LogP contribution in [0.4, 0.5) is 5.69 Å². The second-order valence-corrected chi connectivity index (χ2v) is 7.65. The molecule has 0 aliphatic rings. The third-order valence-electron chi connectivity index (χ3n) is 3.70. The van der Waals surface area contributed by atoms with Gasteiger partial charge in [0.15, 0.2) is 0 Å². The lowest BCUT2D eigenvalue weighted by Gasteiger charge is -2.09. The number of anilines is 1. The molecule has 1 aromatic carbocycles. The van der Waals surface area contributed by atoms with Crippen LogP contribution in [0.5, 0.6) is 0 Å². The maximum Gasteiger partial charge on any atom is 0.337 e. The van der Waals surface area contributed by atoms with Gasteiger partial charge < -0.3 is 10.1 Å². The maximum absolute atomic E-state index is 12.2. The lowest BCUT2D eigenvalue weighted by molar-refractivity contribution is -0.113. The van der Waals surface area contributed by atoms with Gasteiger partial charge in [0.2, 0.25) is 11.1 Å². The smallest absolute Gasteiger partial charge is 0.337 e. The summed E-state index contributed by atoms with van der Waals surface area (Å²) in [6.07, 6.45) is 0.691. The first-order valence-electron chi connectivity index (χ1n) is 8.10. The molecule has 2 heterocycles. The maximum atomic E-state index is 12.2. The van der Waals surface area contributed by atoms with Crippen molar-refractivity contribution in [1.82, 2.24) is 15.2 Å². The largest absolute Gasteiger partial charge is 0.465 e. The zero-order valence-corrected chi connectivity index (χ0v) is 16.4. The number of thiophene rings is 1.